The maximum atomic E-state index is 5.48. The SMILES string of the molecule is COc1ccc(NC(=S)Nc2cc3ccncc3c3ncccc23)cc1. The largest absolute Gasteiger partial charge is 0.497 e. The van der Waals surface area contributed by atoms with Crippen LogP contribution in [0.2, 0.25) is 0 Å². The lowest BCUT2D eigenvalue weighted by molar-refractivity contribution is 0.415. The average Bonchev–Trinajstić information content (AvgIpc) is 2.69. The molecule has 0 unspecified atom stereocenters. The van der Waals surface area contributed by atoms with Gasteiger partial charge in [-0.05, 0) is 66.1 Å². The number of rotatable bonds is 3. The smallest absolute Gasteiger partial charge is 0.175 e. The first-order valence-electron chi connectivity index (χ1n) is 8.08. The summed E-state index contributed by atoms with van der Waals surface area (Å²) >= 11 is 5.48. The van der Waals surface area contributed by atoms with Crippen LogP contribution in [0, 0.1) is 0 Å². The van der Waals surface area contributed by atoms with Gasteiger partial charge in [-0.1, -0.05) is 0 Å². The predicted molar refractivity (Wildman–Crippen MR) is 110 cm³/mol. The summed E-state index contributed by atoms with van der Waals surface area (Å²) in [6, 6.07) is 15.6. The normalized spacial score (nSPS) is 10.7. The van der Waals surface area contributed by atoms with Gasteiger partial charge in [0.2, 0.25) is 0 Å². The number of pyridine rings is 2. The molecule has 0 atom stereocenters. The second-order valence-corrected chi connectivity index (χ2v) is 6.14. The molecule has 128 valence electrons. The van der Waals surface area contributed by atoms with E-state index in [1.807, 2.05) is 48.7 Å². The topological polar surface area (TPSA) is 59.1 Å². The first-order chi connectivity index (χ1) is 12.7. The fourth-order valence-electron chi connectivity index (χ4n) is 2.86. The van der Waals surface area contributed by atoms with Crippen LogP contribution in [-0.4, -0.2) is 22.2 Å². The Morgan fingerprint density at radius 1 is 1.00 bits per heavy atom. The summed E-state index contributed by atoms with van der Waals surface area (Å²) in [6.45, 7) is 0. The van der Waals surface area contributed by atoms with Crippen molar-refractivity contribution in [3.63, 3.8) is 0 Å². The number of nitrogens with one attached hydrogen (secondary N) is 2. The maximum absolute atomic E-state index is 5.48. The van der Waals surface area contributed by atoms with Gasteiger partial charge < -0.3 is 15.4 Å². The molecule has 5 nitrogen and oxygen atoms in total. The van der Waals surface area contributed by atoms with Gasteiger partial charge in [-0.2, -0.15) is 0 Å². The summed E-state index contributed by atoms with van der Waals surface area (Å²) in [6.07, 6.45) is 5.39. The van der Waals surface area contributed by atoms with Crippen LogP contribution in [0.15, 0.2) is 67.1 Å². The van der Waals surface area contributed by atoms with Gasteiger partial charge in [0.15, 0.2) is 5.11 Å². The molecule has 0 bridgehead atoms. The molecule has 0 fully saturated rings. The predicted octanol–water partition coefficient (Wildman–Crippen LogP) is 4.60. The molecule has 26 heavy (non-hydrogen) atoms. The van der Waals surface area contributed by atoms with Crippen molar-refractivity contribution in [1.29, 1.82) is 0 Å². The molecule has 0 spiro atoms. The Morgan fingerprint density at radius 2 is 1.85 bits per heavy atom. The van der Waals surface area contributed by atoms with Gasteiger partial charge >= 0.3 is 0 Å². The Balaban J connectivity index is 1.66. The van der Waals surface area contributed by atoms with E-state index in [4.69, 9.17) is 17.0 Å². The van der Waals surface area contributed by atoms with Crippen molar-refractivity contribution in [1.82, 2.24) is 9.97 Å². The van der Waals surface area contributed by atoms with Crippen molar-refractivity contribution in [3.8, 4) is 5.75 Å². The van der Waals surface area contributed by atoms with Gasteiger partial charge in [0.1, 0.15) is 5.75 Å². The number of nitrogens with zero attached hydrogens (tertiary/aromatic N) is 2. The van der Waals surface area contributed by atoms with Crippen LogP contribution in [0.25, 0.3) is 21.7 Å². The first kappa shape index (κ1) is 16.2. The van der Waals surface area contributed by atoms with E-state index < -0.39 is 0 Å². The fourth-order valence-corrected chi connectivity index (χ4v) is 3.09. The standard InChI is InChI=1S/C20H16N4OS/c1-25-15-6-4-14(5-7-15)23-20(26)24-18-11-13-8-10-21-12-17(13)19-16(18)3-2-9-22-19/h2-12H,1H3,(H2,23,24,26). The molecule has 2 aromatic heterocycles. The summed E-state index contributed by atoms with van der Waals surface area (Å²) in [5, 5.41) is 10.0. The molecule has 0 saturated heterocycles. The monoisotopic (exact) mass is 360 g/mol. The molecule has 0 aliphatic rings. The Bertz CT molecular complexity index is 1100. The minimum atomic E-state index is 0.508. The van der Waals surface area contributed by atoms with Crippen LogP contribution >= 0.6 is 12.2 Å². The van der Waals surface area contributed by atoms with Crippen LogP contribution in [0.3, 0.4) is 0 Å². The minimum Gasteiger partial charge on any atom is -0.497 e. The molecule has 2 aromatic carbocycles. The Labute approximate surface area is 156 Å². The van der Waals surface area contributed by atoms with E-state index in [1.54, 1.807) is 19.5 Å². The summed E-state index contributed by atoms with van der Waals surface area (Å²) in [7, 11) is 1.64. The van der Waals surface area contributed by atoms with Crippen molar-refractivity contribution in [2.75, 3.05) is 17.7 Å². The molecule has 0 radical (unpaired) electrons. The quantitative estimate of drug-likeness (QED) is 0.411. The number of hydrogen-bond donors (Lipinski definition) is 2. The zero-order chi connectivity index (χ0) is 17.9. The van der Waals surface area contributed by atoms with E-state index in [0.29, 0.717) is 5.11 Å². The lowest BCUT2D eigenvalue weighted by atomic mass is 10.1. The zero-order valence-electron chi connectivity index (χ0n) is 14.1. The minimum absolute atomic E-state index is 0.508. The summed E-state index contributed by atoms with van der Waals surface area (Å²) in [4.78, 5) is 8.74. The van der Waals surface area contributed by atoms with Crippen LogP contribution in [-0.2, 0) is 0 Å². The number of methoxy groups -OCH3 is 1. The molecule has 2 heterocycles. The second kappa shape index (κ2) is 6.93. The lowest BCUT2D eigenvalue weighted by Gasteiger charge is -2.14. The molecule has 0 amide bonds. The molecule has 0 aliphatic carbocycles. The highest BCUT2D eigenvalue weighted by Gasteiger charge is 2.09. The number of benzene rings is 2. The third-order valence-corrected chi connectivity index (χ3v) is 4.31. The van der Waals surface area contributed by atoms with E-state index >= 15 is 0 Å². The number of hydrogen-bond acceptors (Lipinski definition) is 4. The summed E-state index contributed by atoms with van der Waals surface area (Å²) < 4.78 is 5.17. The van der Waals surface area contributed by atoms with Crippen molar-refractivity contribution < 1.29 is 4.74 Å². The summed E-state index contributed by atoms with van der Waals surface area (Å²) in [5.41, 5.74) is 2.68. The number of anilines is 2. The van der Waals surface area contributed by atoms with E-state index in [-0.39, 0.29) is 0 Å². The number of aromatic nitrogens is 2. The van der Waals surface area contributed by atoms with Gasteiger partial charge in [0.05, 0.1) is 18.3 Å². The van der Waals surface area contributed by atoms with Crippen molar-refractivity contribution in [2.24, 2.45) is 0 Å². The molecule has 4 aromatic rings. The molecular weight excluding hydrogens is 344 g/mol. The lowest BCUT2D eigenvalue weighted by Crippen LogP contribution is -2.19. The summed E-state index contributed by atoms with van der Waals surface area (Å²) in [5.74, 6) is 0.801. The number of ether oxygens (including phenoxy) is 1. The van der Waals surface area contributed by atoms with E-state index in [1.165, 1.54) is 0 Å². The van der Waals surface area contributed by atoms with Gasteiger partial charge in [0.25, 0.3) is 0 Å². The molecular formula is C20H16N4OS. The van der Waals surface area contributed by atoms with Gasteiger partial charge in [0, 0.05) is 35.1 Å². The Kier molecular flexibility index (Phi) is 4.33. The highest BCUT2D eigenvalue weighted by Crippen LogP contribution is 2.30. The van der Waals surface area contributed by atoms with Gasteiger partial charge in [-0.25, -0.2) is 0 Å². The fraction of sp³-hybridized carbons (Fsp3) is 0.0500. The second-order valence-electron chi connectivity index (χ2n) is 5.73. The zero-order valence-corrected chi connectivity index (χ0v) is 14.9. The third kappa shape index (κ3) is 3.14. The molecule has 6 heteroatoms. The first-order valence-corrected chi connectivity index (χ1v) is 8.49. The van der Waals surface area contributed by atoms with Crippen LogP contribution in [0.5, 0.6) is 5.75 Å². The van der Waals surface area contributed by atoms with Crippen LogP contribution in [0.4, 0.5) is 11.4 Å². The van der Waals surface area contributed by atoms with Gasteiger partial charge in [-0.3, -0.25) is 9.97 Å². The van der Waals surface area contributed by atoms with Crippen molar-refractivity contribution in [3.05, 3.63) is 67.1 Å². The molecule has 2 N–H and O–H groups in total. The molecule has 0 aliphatic heterocycles. The number of thiocarbonyl (C=S) groups is 1. The Hall–Kier alpha value is -3.25. The van der Waals surface area contributed by atoms with E-state index in [2.05, 4.69) is 26.7 Å². The van der Waals surface area contributed by atoms with Crippen LogP contribution in [0.1, 0.15) is 0 Å². The molecule has 4 rings (SSSR count). The molecule has 0 saturated carbocycles. The third-order valence-electron chi connectivity index (χ3n) is 4.10. The van der Waals surface area contributed by atoms with E-state index in [9.17, 15) is 0 Å². The van der Waals surface area contributed by atoms with Crippen molar-refractivity contribution in [2.45, 2.75) is 0 Å². The number of fused-ring (bicyclic) bond motifs is 3. The highest BCUT2D eigenvalue weighted by atomic mass is 32.1. The highest BCUT2D eigenvalue weighted by molar-refractivity contribution is 7.80. The van der Waals surface area contributed by atoms with E-state index in [0.717, 1.165) is 38.8 Å². The maximum Gasteiger partial charge on any atom is 0.175 e. The average molecular weight is 360 g/mol. The van der Waals surface area contributed by atoms with Crippen molar-refractivity contribution >= 4 is 50.4 Å². The van der Waals surface area contributed by atoms with Gasteiger partial charge in [-0.15, -0.1) is 0 Å². The van der Waals surface area contributed by atoms with Crippen LogP contribution < -0.4 is 15.4 Å². The Morgan fingerprint density at radius 3 is 2.65 bits per heavy atom.